The molecule has 2 N–H and O–H groups in total. The standard InChI is InChI=1S/C19H27NO3/c1-6-13(2)17(18(22)23)20-16(21)12-9-14-7-10-15(11-8-14)19(3,4)5/h7-13,17H,6H2,1-5H3,(H,20,21)(H,22,23)/b12-9+. The van der Waals surface area contributed by atoms with E-state index in [1.54, 1.807) is 6.08 Å². The predicted octanol–water partition coefficient (Wildman–Crippen LogP) is 3.61. The van der Waals surface area contributed by atoms with Gasteiger partial charge in [0.15, 0.2) is 0 Å². The Hall–Kier alpha value is -2.10. The minimum atomic E-state index is -1.00. The van der Waals surface area contributed by atoms with Crippen LogP contribution in [0.3, 0.4) is 0 Å². The van der Waals surface area contributed by atoms with Crippen molar-refractivity contribution >= 4 is 18.0 Å². The lowest BCUT2D eigenvalue weighted by molar-refractivity contribution is -0.142. The van der Waals surface area contributed by atoms with Crippen LogP contribution < -0.4 is 5.32 Å². The first-order chi connectivity index (χ1) is 10.6. The number of carboxylic acids is 1. The zero-order valence-electron chi connectivity index (χ0n) is 14.6. The SMILES string of the molecule is CCC(C)C(NC(=O)/C=C/c1ccc(C(C)(C)C)cc1)C(=O)O. The Morgan fingerprint density at radius 1 is 1.22 bits per heavy atom. The van der Waals surface area contributed by atoms with Crippen LogP contribution in [0.25, 0.3) is 6.08 Å². The second-order valence-electron chi connectivity index (χ2n) is 6.92. The number of amides is 1. The molecule has 0 bridgehead atoms. The van der Waals surface area contributed by atoms with Gasteiger partial charge in [-0.05, 0) is 28.5 Å². The largest absolute Gasteiger partial charge is 0.480 e. The van der Waals surface area contributed by atoms with Crippen LogP contribution in [0, 0.1) is 5.92 Å². The lowest BCUT2D eigenvalue weighted by Gasteiger charge is -2.19. The molecule has 0 heterocycles. The molecule has 0 saturated heterocycles. The molecular weight excluding hydrogens is 290 g/mol. The van der Waals surface area contributed by atoms with E-state index in [-0.39, 0.29) is 11.3 Å². The van der Waals surface area contributed by atoms with Gasteiger partial charge in [0.25, 0.3) is 0 Å². The molecule has 2 unspecified atom stereocenters. The molecular formula is C19H27NO3. The Morgan fingerprint density at radius 2 is 1.78 bits per heavy atom. The summed E-state index contributed by atoms with van der Waals surface area (Å²) in [5, 5.41) is 11.7. The van der Waals surface area contributed by atoms with Crippen LogP contribution in [0.1, 0.15) is 52.2 Å². The van der Waals surface area contributed by atoms with Gasteiger partial charge in [-0.25, -0.2) is 4.79 Å². The van der Waals surface area contributed by atoms with Gasteiger partial charge in [0.2, 0.25) is 5.91 Å². The van der Waals surface area contributed by atoms with Crippen molar-refractivity contribution in [3.8, 4) is 0 Å². The normalized spacial score (nSPS) is 14.5. The van der Waals surface area contributed by atoms with Crippen LogP contribution in [0.2, 0.25) is 0 Å². The second kappa shape index (κ2) is 7.95. The van der Waals surface area contributed by atoms with Crippen LogP contribution >= 0.6 is 0 Å². The summed E-state index contributed by atoms with van der Waals surface area (Å²) >= 11 is 0. The third-order valence-corrected chi connectivity index (χ3v) is 3.98. The molecule has 4 nitrogen and oxygen atoms in total. The van der Waals surface area contributed by atoms with Crippen LogP contribution in [0.4, 0.5) is 0 Å². The van der Waals surface area contributed by atoms with Crippen LogP contribution in [0.15, 0.2) is 30.3 Å². The van der Waals surface area contributed by atoms with E-state index in [4.69, 9.17) is 0 Å². The van der Waals surface area contributed by atoms with E-state index >= 15 is 0 Å². The van der Waals surface area contributed by atoms with Gasteiger partial charge in [0.1, 0.15) is 6.04 Å². The van der Waals surface area contributed by atoms with E-state index in [0.29, 0.717) is 6.42 Å². The molecule has 0 aliphatic carbocycles. The lowest BCUT2D eigenvalue weighted by Crippen LogP contribution is -2.44. The number of rotatable bonds is 6. The van der Waals surface area contributed by atoms with Gasteiger partial charge in [0.05, 0.1) is 0 Å². The molecule has 0 radical (unpaired) electrons. The summed E-state index contributed by atoms with van der Waals surface area (Å²) < 4.78 is 0. The molecule has 1 amide bonds. The van der Waals surface area contributed by atoms with E-state index in [9.17, 15) is 14.7 Å². The Kier molecular flexibility index (Phi) is 6.55. The summed E-state index contributed by atoms with van der Waals surface area (Å²) in [4.78, 5) is 23.1. The fourth-order valence-electron chi connectivity index (χ4n) is 2.15. The topological polar surface area (TPSA) is 66.4 Å². The molecule has 126 valence electrons. The number of nitrogens with one attached hydrogen (secondary N) is 1. The summed E-state index contributed by atoms with van der Waals surface area (Å²) in [6.07, 6.45) is 3.76. The van der Waals surface area contributed by atoms with Gasteiger partial charge >= 0.3 is 5.97 Å². The molecule has 0 aromatic heterocycles. The summed E-state index contributed by atoms with van der Waals surface area (Å²) in [7, 11) is 0. The average Bonchev–Trinajstić information content (AvgIpc) is 2.49. The van der Waals surface area contributed by atoms with E-state index in [0.717, 1.165) is 5.56 Å². The molecule has 0 fully saturated rings. The Bertz CT molecular complexity index is 567. The maximum atomic E-state index is 11.9. The number of benzene rings is 1. The van der Waals surface area contributed by atoms with Gasteiger partial charge in [-0.3, -0.25) is 4.79 Å². The third kappa shape index (κ3) is 5.89. The number of carboxylic acid groups (broad SMARTS) is 1. The Morgan fingerprint density at radius 3 is 2.22 bits per heavy atom. The number of hydrogen-bond donors (Lipinski definition) is 2. The summed E-state index contributed by atoms with van der Waals surface area (Å²) in [6, 6.07) is 7.12. The van der Waals surface area contributed by atoms with Crippen LogP contribution in [-0.4, -0.2) is 23.0 Å². The number of hydrogen-bond acceptors (Lipinski definition) is 2. The maximum Gasteiger partial charge on any atom is 0.326 e. The number of carbonyl (C=O) groups is 2. The smallest absolute Gasteiger partial charge is 0.326 e. The van der Waals surface area contributed by atoms with Crippen molar-refractivity contribution in [1.29, 1.82) is 0 Å². The van der Waals surface area contributed by atoms with E-state index in [1.807, 2.05) is 38.1 Å². The molecule has 23 heavy (non-hydrogen) atoms. The van der Waals surface area contributed by atoms with E-state index in [2.05, 4.69) is 26.1 Å². The van der Waals surface area contributed by atoms with Crippen LogP contribution in [-0.2, 0) is 15.0 Å². The van der Waals surface area contributed by atoms with Crippen molar-refractivity contribution in [3.05, 3.63) is 41.5 Å². The second-order valence-corrected chi connectivity index (χ2v) is 6.92. The van der Waals surface area contributed by atoms with E-state index < -0.39 is 17.9 Å². The monoisotopic (exact) mass is 317 g/mol. The third-order valence-electron chi connectivity index (χ3n) is 3.98. The van der Waals surface area contributed by atoms with E-state index in [1.165, 1.54) is 11.6 Å². The van der Waals surface area contributed by atoms with Crippen molar-refractivity contribution in [2.75, 3.05) is 0 Å². The fourth-order valence-corrected chi connectivity index (χ4v) is 2.15. The molecule has 2 atom stereocenters. The minimum absolute atomic E-state index is 0.0879. The summed E-state index contributed by atoms with van der Waals surface area (Å²) in [6.45, 7) is 10.2. The minimum Gasteiger partial charge on any atom is -0.480 e. The number of aliphatic carboxylic acids is 1. The fraction of sp³-hybridized carbons (Fsp3) is 0.474. The van der Waals surface area contributed by atoms with Gasteiger partial charge in [-0.1, -0.05) is 65.3 Å². The average molecular weight is 317 g/mol. The highest BCUT2D eigenvalue weighted by molar-refractivity contribution is 5.94. The highest BCUT2D eigenvalue weighted by atomic mass is 16.4. The Balaban J connectivity index is 2.73. The molecule has 0 saturated carbocycles. The van der Waals surface area contributed by atoms with Crippen molar-refractivity contribution in [2.45, 2.75) is 52.5 Å². The molecule has 4 heteroatoms. The zero-order valence-corrected chi connectivity index (χ0v) is 14.6. The van der Waals surface area contributed by atoms with Gasteiger partial charge in [-0.15, -0.1) is 0 Å². The molecule has 1 rings (SSSR count). The van der Waals surface area contributed by atoms with Crippen LogP contribution in [0.5, 0.6) is 0 Å². The first-order valence-electron chi connectivity index (χ1n) is 7.97. The number of carbonyl (C=O) groups excluding carboxylic acids is 1. The molecule has 1 aromatic carbocycles. The maximum absolute atomic E-state index is 11.9. The predicted molar refractivity (Wildman–Crippen MR) is 93.2 cm³/mol. The van der Waals surface area contributed by atoms with Crippen molar-refractivity contribution in [3.63, 3.8) is 0 Å². The highest BCUT2D eigenvalue weighted by Gasteiger charge is 2.24. The van der Waals surface area contributed by atoms with Gasteiger partial charge in [-0.2, -0.15) is 0 Å². The summed E-state index contributed by atoms with van der Waals surface area (Å²) in [5.74, 6) is -1.51. The Labute approximate surface area is 138 Å². The molecule has 1 aromatic rings. The molecule has 0 aliphatic rings. The molecule has 0 aliphatic heterocycles. The molecule has 0 spiro atoms. The lowest BCUT2D eigenvalue weighted by atomic mass is 9.87. The quantitative estimate of drug-likeness (QED) is 0.788. The summed E-state index contributed by atoms with van der Waals surface area (Å²) in [5.41, 5.74) is 2.22. The van der Waals surface area contributed by atoms with Crippen molar-refractivity contribution in [1.82, 2.24) is 5.32 Å². The zero-order chi connectivity index (χ0) is 17.6. The van der Waals surface area contributed by atoms with Crippen molar-refractivity contribution < 1.29 is 14.7 Å². The first kappa shape index (κ1) is 18.9. The van der Waals surface area contributed by atoms with Crippen molar-refractivity contribution in [2.24, 2.45) is 5.92 Å². The highest BCUT2D eigenvalue weighted by Crippen LogP contribution is 2.22. The van der Waals surface area contributed by atoms with Gasteiger partial charge < -0.3 is 10.4 Å². The first-order valence-corrected chi connectivity index (χ1v) is 7.97. The van der Waals surface area contributed by atoms with Gasteiger partial charge in [0, 0.05) is 6.08 Å².